The van der Waals surface area contributed by atoms with Crippen LogP contribution in [0, 0.1) is 5.41 Å². The summed E-state index contributed by atoms with van der Waals surface area (Å²) >= 11 is 0. The number of ether oxygens (including phenoxy) is 1. The van der Waals surface area contributed by atoms with Gasteiger partial charge in [0.05, 0.1) is 6.10 Å². The molecule has 0 amide bonds. The molecule has 0 aromatic heterocycles. The standard InChI is InChI=1S/C7H12N2O/c1-3-7(8)9-4-6(5-9)10-2/h3,6,8H,1,4-5H2,2H3. The number of amidine groups is 1. The van der Waals surface area contributed by atoms with E-state index in [0.717, 1.165) is 13.1 Å². The molecule has 0 aromatic carbocycles. The minimum Gasteiger partial charge on any atom is -0.378 e. The van der Waals surface area contributed by atoms with Crippen LogP contribution in [0.3, 0.4) is 0 Å². The predicted molar refractivity (Wildman–Crippen MR) is 40.3 cm³/mol. The molecule has 0 unspecified atom stereocenters. The maximum absolute atomic E-state index is 7.31. The molecule has 0 spiro atoms. The van der Waals surface area contributed by atoms with E-state index >= 15 is 0 Å². The van der Waals surface area contributed by atoms with Crippen LogP contribution in [-0.4, -0.2) is 37.0 Å². The fraction of sp³-hybridized carbons (Fsp3) is 0.571. The Bertz CT molecular complexity index is 150. The SMILES string of the molecule is C=CC(=N)N1CC(OC)C1. The van der Waals surface area contributed by atoms with E-state index in [4.69, 9.17) is 10.1 Å². The highest BCUT2D eigenvalue weighted by Crippen LogP contribution is 2.10. The number of rotatable bonds is 2. The average Bonchev–Trinajstić information content (AvgIpc) is 1.85. The summed E-state index contributed by atoms with van der Waals surface area (Å²) < 4.78 is 5.04. The van der Waals surface area contributed by atoms with Crippen LogP contribution in [0.2, 0.25) is 0 Å². The van der Waals surface area contributed by atoms with Gasteiger partial charge in [0, 0.05) is 20.2 Å². The van der Waals surface area contributed by atoms with Gasteiger partial charge in [0.2, 0.25) is 0 Å². The Morgan fingerprint density at radius 1 is 1.80 bits per heavy atom. The van der Waals surface area contributed by atoms with Crippen molar-refractivity contribution in [2.75, 3.05) is 20.2 Å². The van der Waals surface area contributed by atoms with Crippen molar-refractivity contribution < 1.29 is 4.74 Å². The van der Waals surface area contributed by atoms with Crippen LogP contribution in [-0.2, 0) is 4.74 Å². The normalized spacial score (nSPS) is 18.3. The Hall–Kier alpha value is -0.830. The van der Waals surface area contributed by atoms with Crippen LogP contribution < -0.4 is 0 Å². The molecule has 0 aliphatic carbocycles. The molecule has 1 heterocycles. The molecule has 3 nitrogen and oxygen atoms in total. The second-order valence-corrected chi connectivity index (χ2v) is 2.35. The lowest BCUT2D eigenvalue weighted by Crippen LogP contribution is -2.53. The molecule has 1 N–H and O–H groups in total. The first-order valence-corrected chi connectivity index (χ1v) is 3.26. The molecule has 0 saturated carbocycles. The van der Waals surface area contributed by atoms with Gasteiger partial charge < -0.3 is 9.64 Å². The maximum Gasteiger partial charge on any atom is 0.120 e. The maximum atomic E-state index is 7.31. The van der Waals surface area contributed by atoms with Gasteiger partial charge in [-0.1, -0.05) is 6.58 Å². The number of hydrogen-bond donors (Lipinski definition) is 1. The van der Waals surface area contributed by atoms with Gasteiger partial charge in [-0.15, -0.1) is 0 Å². The third-order valence-corrected chi connectivity index (χ3v) is 1.72. The highest BCUT2D eigenvalue weighted by Gasteiger charge is 2.26. The molecule has 0 bridgehead atoms. The van der Waals surface area contributed by atoms with Gasteiger partial charge in [0.25, 0.3) is 0 Å². The lowest BCUT2D eigenvalue weighted by molar-refractivity contribution is 0.00595. The third-order valence-electron chi connectivity index (χ3n) is 1.72. The molecular weight excluding hydrogens is 128 g/mol. The number of nitrogens with one attached hydrogen (secondary N) is 1. The molecule has 0 atom stereocenters. The van der Waals surface area contributed by atoms with Crippen molar-refractivity contribution in [3.05, 3.63) is 12.7 Å². The van der Waals surface area contributed by atoms with Crippen LogP contribution in [0.5, 0.6) is 0 Å². The first kappa shape index (κ1) is 7.28. The molecule has 1 rings (SSSR count). The first-order valence-electron chi connectivity index (χ1n) is 3.26. The molecule has 3 heteroatoms. The van der Waals surface area contributed by atoms with Crippen molar-refractivity contribution in [2.45, 2.75) is 6.10 Å². The number of likely N-dealkylation sites (tertiary alicyclic amines) is 1. The summed E-state index contributed by atoms with van der Waals surface area (Å²) in [5, 5.41) is 7.31. The van der Waals surface area contributed by atoms with Gasteiger partial charge in [-0.3, -0.25) is 5.41 Å². The topological polar surface area (TPSA) is 36.3 Å². The molecule has 10 heavy (non-hydrogen) atoms. The zero-order chi connectivity index (χ0) is 7.56. The van der Waals surface area contributed by atoms with Crippen LogP contribution in [0.4, 0.5) is 0 Å². The van der Waals surface area contributed by atoms with E-state index in [0.29, 0.717) is 11.9 Å². The van der Waals surface area contributed by atoms with Crippen molar-refractivity contribution in [2.24, 2.45) is 0 Å². The van der Waals surface area contributed by atoms with Crippen molar-refractivity contribution >= 4 is 5.84 Å². The smallest absolute Gasteiger partial charge is 0.120 e. The van der Waals surface area contributed by atoms with Gasteiger partial charge in [-0.2, -0.15) is 0 Å². The summed E-state index contributed by atoms with van der Waals surface area (Å²) in [6, 6.07) is 0. The molecule has 1 aliphatic rings. The van der Waals surface area contributed by atoms with E-state index in [1.54, 1.807) is 13.2 Å². The molecule has 0 radical (unpaired) electrons. The fourth-order valence-corrected chi connectivity index (χ4v) is 0.913. The summed E-state index contributed by atoms with van der Waals surface area (Å²) in [5.74, 6) is 0.494. The van der Waals surface area contributed by atoms with Crippen molar-refractivity contribution in [3.8, 4) is 0 Å². The predicted octanol–water partition coefficient (Wildman–Crippen LogP) is 0.480. The van der Waals surface area contributed by atoms with E-state index < -0.39 is 0 Å². The highest BCUT2D eigenvalue weighted by molar-refractivity contribution is 5.90. The number of hydrogen-bond acceptors (Lipinski definition) is 2. The third kappa shape index (κ3) is 1.19. The Balaban J connectivity index is 2.25. The monoisotopic (exact) mass is 140 g/mol. The fourth-order valence-electron chi connectivity index (χ4n) is 0.913. The van der Waals surface area contributed by atoms with Crippen molar-refractivity contribution in [1.29, 1.82) is 5.41 Å². The Kier molecular flexibility index (Phi) is 2.06. The molecule has 56 valence electrons. The molecular formula is C7H12N2O. The van der Waals surface area contributed by atoms with E-state index in [2.05, 4.69) is 6.58 Å². The first-order chi connectivity index (χ1) is 4.77. The van der Waals surface area contributed by atoms with Gasteiger partial charge in [0.1, 0.15) is 5.84 Å². The van der Waals surface area contributed by atoms with Crippen LogP contribution in [0.25, 0.3) is 0 Å². The van der Waals surface area contributed by atoms with Gasteiger partial charge in [0.15, 0.2) is 0 Å². The van der Waals surface area contributed by atoms with Gasteiger partial charge >= 0.3 is 0 Å². The van der Waals surface area contributed by atoms with E-state index in [-0.39, 0.29) is 0 Å². The quantitative estimate of drug-likeness (QED) is 0.447. The van der Waals surface area contributed by atoms with Crippen LogP contribution in [0.1, 0.15) is 0 Å². The lowest BCUT2D eigenvalue weighted by atomic mass is 10.1. The van der Waals surface area contributed by atoms with Gasteiger partial charge in [-0.05, 0) is 6.08 Å². The second kappa shape index (κ2) is 2.84. The Labute approximate surface area is 60.8 Å². The molecule has 1 aliphatic heterocycles. The summed E-state index contributed by atoms with van der Waals surface area (Å²) in [6.07, 6.45) is 1.87. The van der Waals surface area contributed by atoms with Crippen molar-refractivity contribution in [1.82, 2.24) is 4.90 Å². The molecule has 1 saturated heterocycles. The number of methoxy groups -OCH3 is 1. The molecule has 1 fully saturated rings. The second-order valence-electron chi connectivity index (χ2n) is 2.35. The van der Waals surface area contributed by atoms with Crippen molar-refractivity contribution in [3.63, 3.8) is 0 Å². The molecule has 0 aromatic rings. The zero-order valence-corrected chi connectivity index (χ0v) is 6.13. The van der Waals surface area contributed by atoms with Gasteiger partial charge in [-0.25, -0.2) is 0 Å². The summed E-state index contributed by atoms with van der Waals surface area (Å²) in [7, 11) is 1.69. The van der Waals surface area contributed by atoms with Crippen LogP contribution in [0.15, 0.2) is 12.7 Å². The van der Waals surface area contributed by atoms with E-state index in [1.807, 2.05) is 4.90 Å². The number of nitrogens with zero attached hydrogens (tertiary/aromatic N) is 1. The summed E-state index contributed by atoms with van der Waals surface area (Å²) in [6.45, 7) is 5.18. The minimum absolute atomic E-state index is 0.320. The Morgan fingerprint density at radius 3 is 2.80 bits per heavy atom. The highest BCUT2D eigenvalue weighted by atomic mass is 16.5. The minimum atomic E-state index is 0.320. The average molecular weight is 140 g/mol. The van der Waals surface area contributed by atoms with E-state index in [9.17, 15) is 0 Å². The summed E-state index contributed by atoms with van der Waals surface area (Å²) in [5.41, 5.74) is 0. The summed E-state index contributed by atoms with van der Waals surface area (Å²) in [4.78, 5) is 1.92. The Morgan fingerprint density at radius 2 is 2.40 bits per heavy atom. The lowest BCUT2D eigenvalue weighted by Gasteiger charge is -2.38. The van der Waals surface area contributed by atoms with E-state index in [1.165, 1.54) is 0 Å². The largest absolute Gasteiger partial charge is 0.378 e. The zero-order valence-electron chi connectivity index (χ0n) is 6.13. The van der Waals surface area contributed by atoms with Crippen LogP contribution >= 0.6 is 0 Å².